The van der Waals surface area contributed by atoms with Crippen molar-refractivity contribution in [2.24, 2.45) is 11.0 Å². The fourth-order valence-electron chi connectivity index (χ4n) is 2.09. The van der Waals surface area contributed by atoms with Gasteiger partial charge in [-0.05, 0) is 60.9 Å². The SMILES string of the molecule is CCOc1cc(/C=N\NC(=O)c2ccc(O)cc2)ccc1OCC(C)C. The first-order valence-corrected chi connectivity index (χ1v) is 8.51. The summed E-state index contributed by atoms with van der Waals surface area (Å²) in [6, 6.07) is 11.4. The van der Waals surface area contributed by atoms with Crippen LogP contribution in [0.4, 0.5) is 0 Å². The summed E-state index contributed by atoms with van der Waals surface area (Å²) >= 11 is 0. The van der Waals surface area contributed by atoms with Crippen LogP contribution in [-0.2, 0) is 0 Å². The Morgan fingerprint density at radius 2 is 1.88 bits per heavy atom. The second-order valence-corrected chi connectivity index (χ2v) is 6.09. The molecule has 2 N–H and O–H groups in total. The number of benzene rings is 2. The third kappa shape index (κ3) is 5.81. The van der Waals surface area contributed by atoms with Crippen molar-refractivity contribution >= 4 is 12.1 Å². The maximum Gasteiger partial charge on any atom is 0.271 e. The third-order valence-electron chi connectivity index (χ3n) is 3.35. The van der Waals surface area contributed by atoms with Crippen molar-refractivity contribution in [2.45, 2.75) is 20.8 Å². The number of nitrogens with zero attached hydrogens (tertiary/aromatic N) is 1. The minimum absolute atomic E-state index is 0.105. The Labute approximate surface area is 153 Å². The van der Waals surface area contributed by atoms with E-state index in [9.17, 15) is 9.90 Å². The zero-order chi connectivity index (χ0) is 18.9. The fourth-order valence-corrected chi connectivity index (χ4v) is 2.09. The lowest BCUT2D eigenvalue weighted by Gasteiger charge is -2.13. The highest BCUT2D eigenvalue weighted by Gasteiger charge is 2.07. The summed E-state index contributed by atoms with van der Waals surface area (Å²) < 4.78 is 11.4. The molecule has 0 heterocycles. The Morgan fingerprint density at radius 3 is 2.54 bits per heavy atom. The van der Waals surface area contributed by atoms with Crippen LogP contribution in [0.3, 0.4) is 0 Å². The molecule has 1 amide bonds. The quantitative estimate of drug-likeness (QED) is 0.559. The van der Waals surface area contributed by atoms with Crippen molar-refractivity contribution in [3.05, 3.63) is 53.6 Å². The van der Waals surface area contributed by atoms with E-state index in [1.165, 1.54) is 30.5 Å². The average Bonchev–Trinajstić information content (AvgIpc) is 2.61. The molecule has 0 spiro atoms. The summed E-state index contributed by atoms with van der Waals surface area (Å²) in [5.41, 5.74) is 3.63. The molecular formula is C20H24N2O4. The van der Waals surface area contributed by atoms with Crippen LogP contribution in [0.15, 0.2) is 47.6 Å². The van der Waals surface area contributed by atoms with Crippen molar-refractivity contribution in [1.29, 1.82) is 0 Å². The molecule has 0 aliphatic rings. The van der Waals surface area contributed by atoms with Crippen molar-refractivity contribution < 1.29 is 19.4 Å². The number of ether oxygens (including phenoxy) is 2. The van der Waals surface area contributed by atoms with Gasteiger partial charge in [-0.3, -0.25) is 4.79 Å². The number of nitrogens with one attached hydrogen (secondary N) is 1. The second-order valence-electron chi connectivity index (χ2n) is 6.09. The minimum Gasteiger partial charge on any atom is -0.508 e. The molecule has 138 valence electrons. The van der Waals surface area contributed by atoms with E-state index in [0.29, 0.717) is 36.2 Å². The van der Waals surface area contributed by atoms with Crippen molar-refractivity contribution in [2.75, 3.05) is 13.2 Å². The van der Waals surface area contributed by atoms with Crippen molar-refractivity contribution in [3.8, 4) is 17.2 Å². The minimum atomic E-state index is -0.358. The molecule has 2 aromatic carbocycles. The Kier molecular flexibility index (Phi) is 7.02. The van der Waals surface area contributed by atoms with Crippen LogP contribution in [0.5, 0.6) is 17.2 Å². The summed E-state index contributed by atoms with van der Waals surface area (Å²) in [7, 11) is 0. The first-order chi connectivity index (χ1) is 12.5. The molecule has 0 radical (unpaired) electrons. The van der Waals surface area contributed by atoms with Crippen LogP contribution < -0.4 is 14.9 Å². The number of hydrazone groups is 1. The van der Waals surface area contributed by atoms with Gasteiger partial charge in [0.05, 0.1) is 19.4 Å². The van der Waals surface area contributed by atoms with Crippen LogP contribution in [0, 0.1) is 5.92 Å². The number of amides is 1. The van der Waals surface area contributed by atoms with Gasteiger partial charge in [0.2, 0.25) is 0 Å². The highest BCUT2D eigenvalue weighted by Crippen LogP contribution is 2.28. The molecule has 0 fully saturated rings. The van der Waals surface area contributed by atoms with Crippen LogP contribution in [0.2, 0.25) is 0 Å². The molecule has 0 bridgehead atoms. The van der Waals surface area contributed by atoms with Gasteiger partial charge in [0.25, 0.3) is 5.91 Å². The molecular weight excluding hydrogens is 332 g/mol. The van der Waals surface area contributed by atoms with Gasteiger partial charge >= 0.3 is 0 Å². The van der Waals surface area contributed by atoms with Crippen LogP contribution in [0.1, 0.15) is 36.7 Å². The highest BCUT2D eigenvalue weighted by atomic mass is 16.5. The number of aromatic hydroxyl groups is 1. The van der Waals surface area contributed by atoms with Crippen molar-refractivity contribution in [1.82, 2.24) is 5.43 Å². The number of hydrogen-bond acceptors (Lipinski definition) is 5. The Balaban J connectivity index is 2.03. The molecule has 0 saturated carbocycles. The normalized spacial score (nSPS) is 10.9. The van der Waals surface area contributed by atoms with Gasteiger partial charge in [0, 0.05) is 5.56 Å². The van der Waals surface area contributed by atoms with Crippen LogP contribution >= 0.6 is 0 Å². The Bertz CT molecular complexity index is 755. The number of hydrogen-bond donors (Lipinski definition) is 2. The lowest BCUT2D eigenvalue weighted by Crippen LogP contribution is -2.17. The molecule has 2 aromatic rings. The zero-order valence-electron chi connectivity index (χ0n) is 15.2. The number of carbonyl (C=O) groups is 1. The maximum atomic E-state index is 12.0. The summed E-state index contributed by atoms with van der Waals surface area (Å²) in [5, 5.41) is 13.2. The van der Waals surface area contributed by atoms with Gasteiger partial charge in [-0.15, -0.1) is 0 Å². The Morgan fingerprint density at radius 1 is 1.15 bits per heavy atom. The fraction of sp³-hybridized carbons (Fsp3) is 0.300. The smallest absolute Gasteiger partial charge is 0.271 e. The molecule has 2 rings (SSSR count). The molecule has 0 aliphatic carbocycles. The Hall–Kier alpha value is -3.02. The predicted molar refractivity (Wildman–Crippen MR) is 101 cm³/mol. The molecule has 6 nitrogen and oxygen atoms in total. The van der Waals surface area contributed by atoms with Gasteiger partial charge in [-0.2, -0.15) is 5.10 Å². The van der Waals surface area contributed by atoms with E-state index in [1.807, 2.05) is 25.1 Å². The molecule has 26 heavy (non-hydrogen) atoms. The number of rotatable bonds is 8. The number of phenolic OH excluding ortho intramolecular Hbond substituents is 1. The summed E-state index contributed by atoms with van der Waals surface area (Å²) in [6.07, 6.45) is 1.53. The highest BCUT2D eigenvalue weighted by molar-refractivity contribution is 5.95. The summed E-state index contributed by atoms with van der Waals surface area (Å²) in [6.45, 7) is 7.20. The maximum absolute atomic E-state index is 12.0. The van der Waals surface area contributed by atoms with E-state index >= 15 is 0 Å². The molecule has 6 heteroatoms. The van der Waals surface area contributed by atoms with E-state index in [-0.39, 0.29) is 11.7 Å². The number of phenols is 1. The summed E-state index contributed by atoms with van der Waals surface area (Å²) in [4.78, 5) is 12.0. The molecule has 0 saturated heterocycles. The van der Waals surface area contributed by atoms with Crippen LogP contribution in [0.25, 0.3) is 0 Å². The van der Waals surface area contributed by atoms with E-state index < -0.39 is 0 Å². The first-order valence-electron chi connectivity index (χ1n) is 8.51. The van der Waals surface area contributed by atoms with Gasteiger partial charge in [-0.25, -0.2) is 5.43 Å². The van der Waals surface area contributed by atoms with Gasteiger partial charge in [0.15, 0.2) is 11.5 Å². The van der Waals surface area contributed by atoms with E-state index in [2.05, 4.69) is 24.4 Å². The van der Waals surface area contributed by atoms with Gasteiger partial charge < -0.3 is 14.6 Å². The predicted octanol–water partition coefficient (Wildman–Crippen LogP) is 3.59. The first kappa shape index (κ1) is 19.3. The topological polar surface area (TPSA) is 80.2 Å². The van der Waals surface area contributed by atoms with Gasteiger partial charge in [0.1, 0.15) is 5.75 Å². The van der Waals surface area contributed by atoms with Gasteiger partial charge in [-0.1, -0.05) is 13.8 Å². The standard InChI is InChI=1S/C20H24N2O4/c1-4-25-19-11-15(5-10-18(19)26-13-14(2)3)12-21-22-20(24)16-6-8-17(23)9-7-16/h5-12,14,23H,4,13H2,1-3H3,(H,22,24)/b21-12-. The average molecular weight is 356 g/mol. The van der Waals surface area contributed by atoms with E-state index in [4.69, 9.17) is 9.47 Å². The summed E-state index contributed by atoms with van der Waals surface area (Å²) in [5.74, 6) is 1.49. The molecule has 0 unspecified atom stereocenters. The number of carbonyl (C=O) groups excluding carboxylic acids is 1. The van der Waals surface area contributed by atoms with E-state index in [0.717, 1.165) is 5.56 Å². The monoisotopic (exact) mass is 356 g/mol. The zero-order valence-corrected chi connectivity index (χ0v) is 15.2. The lowest BCUT2D eigenvalue weighted by atomic mass is 10.2. The van der Waals surface area contributed by atoms with Crippen LogP contribution in [-0.4, -0.2) is 30.4 Å². The molecule has 0 atom stereocenters. The van der Waals surface area contributed by atoms with Crippen molar-refractivity contribution in [3.63, 3.8) is 0 Å². The molecule has 0 aliphatic heterocycles. The van der Waals surface area contributed by atoms with E-state index in [1.54, 1.807) is 0 Å². The third-order valence-corrected chi connectivity index (χ3v) is 3.35. The lowest BCUT2D eigenvalue weighted by molar-refractivity contribution is 0.0955. The largest absolute Gasteiger partial charge is 0.508 e. The second kappa shape index (κ2) is 9.46. The molecule has 0 aromatic heterocycles.